The smallest absolute Gasteiger partial charge is 0.185 e. The minimum atomic E-state index is 0.0451. The number of nitrogens with zero attached hydrogens (tertiary/aromatic N) is 1. The predicted octanol–water partition coefficient (Wildman–Crippen LogP) is 3.34. The Hall–Kier alpha value is -1.00. The standard InChI is InChI=1S/C13H12BrNOS/c1-9-5-13(16)10(8-17)7-15(9)12-4-2-3-11(14)6-12/h2-7,17H,8H2,1H3. The quantitative estimate of drug-likeness (QED) is 0.844. The third-order valence-corrected chi connectivity index (χ3v) is 3.41. The maximum atomic E-state index is 11.7. The molecule has 1 aromatic heterocycles. The van der Waals surface area contributed by atoms with Gasteiger partial charge in [-0.2, -0.15) is 12.6 Å². The first-order valence-electron chi connectivity index (χ1n) is 5.21. The fourth-order valence-corrected chi connectivity index (χ4v) is 2.32. The summed E-state index contributed by atoms with van der Waals surface area (Å²) >= 11 is 7.62. The number of hydrogen-bond acceptors (Lipinski definition) is 2. The first-order valence-corrected chi connectivity index (χ1v) is 6.63. The number of benzene rings is 1. The van der Waals surface area contributed by atoms with Gasteiger partial charge in [-0.25, -0.2) is 0 Å². The molecule has 0 amide bonds. The van der Waals surface area contributed by atoms with Crippen LogP contribution < -0.4 is 5.43 Å². The summed E-state index contributed by atoms with van der Waals surface area (Å²) in [6.45, 7) is 1.92. The Balaban J connectivity index is 2.63. The van der Waals surface area contributed by atoms with Crippen LogP contribution in [0.25, 0.3) is 5.69 Å². The molecule has 0 saturated carbocycles. The summed E-state index contributed by atoms with van der Waals surface area (Å²) in [4.78, 5) is 11.7. The Morgan fingerprint density at radius 1 is 1.35 bits per heavy atom. The highest BCUT2D eigenvalue weighted by Crippen LogP contribution is 2.17. The van der Waals surface area contributed by atoms with Gasteiger partial charge in [0.05, 0.1) is 0 Å². The van der Waals surface area contributed by atoms with Gasteiger partial charge in [-0.3, -0.25) is 4.79 Å². The van der Waals surface area contributed by atoms with E-state index in [0.717, 1.165) is 15.9 Å². The van der Waals surface area contributed by atoms with Gasteiger partial charge in [-0.05, 0) is 25.1 Å². The highest BCUT2D eigenvalue weighted by molar-refractivity contribution is 9.10. The molecule has 0 aliphatic heterocycles. The molecule has 2 rings (SSSR count). The highest BCUT2D eigenvalue weighted by Gasteiger charge is 2.04. The molecular formula is C13H12BrNOS. The van der Waals surface area contributed by atoms with Crippen LogP contribution in [0.15, 0.2) is 45.8 Å². The van der Waals surface area contributed by atoms with Crippen LogP contribution in [0.3, 0.4) is 0 Å². The van der Waals surface area contributed by atoms with Gasteiger partial charge < -0.3 is 4.57 Å². The lowest BCUT2D eigenvalue weighted by atomic mass is 10.2. The van der Waals surface area contributed by atoms with Gasteiger partial charge in [0.1, 0.15) is 0 Å². The van der Waals surface area contributed by atoms with Gasteiger partial charge in [0.2, 0.25) is 0 Å². The number of hydrogen-bond donors (Lipinski definition) is 1. The number of thiol groups is 1. The molecule has 0 fully saturated rings. The summed E-state index contributed by atoms with van der Waals surface area (Å²) in [5.41, 5.74) is 2.70. The normalized spacial score (nSPS) is 10.5. The number of halogens is 1. The lowest BCUT2D eigenvalue weighted by Crippen LogP contribution is -2.12. The molecule has 0 aliphatic rings. The molecule has 0 atom stereocenters. The van der Waals surface area contributed by atoms with Crippen molar-refractivity contribution in [2.24, 2.45) is 0 Å². The fourth-order valence-electron chi connectivity index (χ4n) is 1.70. The second-order valence-corrected chi connectivity index (χ2v) is 5.04. The average Bonchev–Trinajstić information content (AvgIpc) is 2.29. The van der Waals surface area contributed by atoms with E-state index in [4.69, 9.17) is 0 Å². The molecule has 2 nitrogen and oxygen atoms in total. The van der Waals surface area contributed by atoms with Crippen molar-refractivity contribution in [3.8, 4) is 5.69 Å². The molecule has 0 spiro atoms. The number of aromatic nitrogens is 1. The average molecular weight is 310 g/mol. The molecule has 0 unspecified atom stereocenters. The molecule has 17 heavy (non-hydrogen) atoms. The van der Waals surface area contributed by atoms with Crippen LogP contribution in [0.4, 0.5) is 0 Å². The monoisotopic (exact) mass is 309 g/mol. The zero-order valence-electron chi connectivity index (χ0n) is 9.35. The van der Waals surface area contributed by atoms with Crippen molar-refractivity contribution in [2.75, 3.05) is 0 Å². The fraction of sp³-hybridized carbons (Fsp3) is 0.154. The van der Waals surface area contributed by atoms with Gasteiger partial charge in [0.25, 0.3) is 0 Å². The van der Waals surface area contributed by atoms with Crippen molar-refractivity contribution in [3.05, 3.63) is 62.5 Å². The summed E-state index contributed by atoms with van der Waals surface area (Å²) < 4.78 is 3.01. The van der Waals surface area contributed by atoms with Gasteiger partial charge in [0.15, 0.2) is 5.43 Å². The summed E-state index contributed by atoms with van der Waals surface area (Å²) in [5, 5.41) is 0. The number of rotatable bonds is 2. The SMILES string of the molecule is Cc1cc(=O)c(CS)cn1-c1cccc(Br)c1. The van der Waals surface area contributed by atoms with Crippen LogP contribution in [0, 0.1) is 6.92 Å². The summed E-state index contributed by atoms with van der Waals surface area (Å²) in [6.07, 6.45) is 1.85. The molecule has 0 aliphatic carbocycles. The molecule has 88 valence electrons. The lowest BCUT2D eigenvalue weighted by Gasteiger charge is -2.12. The number of aryl methyl sites for hydroxylation is 1. The van der Waals surface area contributed by atoms with Crippen molar-refractivity contribution in [1.29, 1.82) is 0 Å². The van der Waals surface area contributed by atoms with E-state index >= 15 is 0 Å². The van der Waals surface area contributed by atoms with E-state index < -0.39 is 0 Å². The molecule has 4 heteroatoms. The zero-order valence-corrected chi connectivity index (χ0v) is 11.8. The van der Waals surface area contributed by atoms with E-state index in [2.05, 4.69) is 28.6 Å². The van der Waals surface area contributed by atoms with Crippen molar-refractivity contribution in [1.82, 2.24) is 4.57 Å². The minimum absolute atomic E-state index is 0.0451. The van der Waals surface area contributed by atoms with Gasteiger partial charge in [-0.15, -0.1) is 0 Å². The van der Waals surface area contributed by atoms with E-state index in [1.54, 1.807) is 6.07 Å². The van der Waals surface area contributed by atoms with Crippen LogP contribution in [-0.4, -0.2) is 4.57 Å². The molecule has 0 radical (unpaired) electrons. The second-order valence-electron chi connectivity index (χ2n) is 3.81. The van der Waals surface area contributed by atoms with Crippen molar-refractivity contribution in [2.45, 2.75) is 12.7 Å². The van der Waals surface area contributed by atoms with Crippen LogP contribution in [0.1, 0.15) is 11.3 Å². The molecule has 0 saturated heterocycles. The molecule has 2 aromatic rings. The third-order valence-electron chi connectivity index (χ3n) is 2.58. The van der Waals surface area contributed by atoms with E-state index in [-0.39, 0.29) is 5.43 Å². The first kappa shape index (κ1) is 12.5. The summed E-state index contributed by atoms with van der Waals surface area (Å²) in [5.74, 6) is 0.452. The van der Waals surface area contributed by atoms with Gasteiger partial charge in [-0.1, -0.05) is 22.0 Å². The minimum Gasteiger partial charge on any atom is -0.321 e. The first-order chi connectivity index (χ1) is 8.11. The van der Waals surface area contributed by atoms with Crippen molar-refractivity contribution < 1.29 is 0 Å². The molecule has 1 heterocycles. The summed E-state index contributed by atoms with van der Waals surface area (Å²) in [7, 11) is 0. The van der Waals surface area contributed by atoms with Gasteiger partial charge >= 0.3 is 0 Å². The van der Waals surface area contributed by atoms with E-state index in [1.807, 2.05) is 42.0 Å². The summed E-state index contributed by atoms with van der Waals surface area (Å²) in [6, 6.07) is 9.61. The Kier molecular flexibility index (Phi) is 3.74. The number of pyridine rings is 1. The van der Waals surface area contributed by atoms with Crippen LogP contribution in [0.5, 0.6) is 0 Å². The predicted molar refractivity (Wildman–Crippen MR) is 77.2 cm³/mol. The van der Waals surface area contributed by atoms with E-state index in [0.29, 0.717) is 11.3 Å². The Labute approximate surface area is 114 Å². The topological polar surface area (TPSA) is 22.0 Å². The van der Waals surface area contributed by atoms with E-state index in [1.165, 1.54) is 0 Å². The lowest BCUT2D eigenvalue weighted by molar-refractivity contribution is 0.955. The van der Waals surface area contributed by atoms with Crippen molar-refractivity contribution >= 4 is 28.6 Å². The maximum Gasteiger partial charge on any atom is 0.185 e. The molecule has 0 bridgehead atoms. The third kappa shape index (κ3) is 2.64. The molecule has 0 N–H and O–H groups in total. The molecular weight excluding hydrogens is 298 g/mol. The van der Waals surface area contributed by atoms with E-state index in [9.17, 15) is 4.79 Å². The Bertz CT molecular complexity index is 607. The maximum absolute atomic E-state index is 11.7. The Morgan fingerprint density at radius 3 is 2.76 bits per heavy atom. The largest absolute Gasteiger partial charge is 0.321 e. The zero-order chi connectivity index (χ0) is 12.4. The van der Waals surface area contributed by atoms with Gasteiger partial charge in [0, 0.05) is 39.4 Å². The van der Waals surface area contributed by atoms with Crippen LogP contribution in [0.2, 0.25) is 0 Å². The van der Waals surface area contributed by atoms with Crippen LogP contribution in [-0.2, 0) is 5.75 Å². The van der Waals surface area contributed by atoms with Crippen molar-refractivity contribution in [3.63, 3.8) is 0 Å². The second kappa shape index (κ2) is 5.10. The van der Waals surface area contributed by atoms with Crippen LogP contribution >= 0.6 is 28.6 Å². The Morgan fingerprint density at radius 2 is 2.12 bits per heavy atom. The highest BCUT2D eigenvalue weighted by atomic mass is 79.9. The molecule has 1 aromatic carbocycles.